The van der Waals surface area contributed by atoms with Crippen molar-refractivity contribution in [3.05, 3.63) is 17.8 Å². The van der Waals surface area contributed by atoms with Gasteiger partial charge in [0.2, 0.25) is 5.91 Å². The highest BCUT2D eigenvalue weighted by atomic mass is 28.3. The molecule has 1 saturated carbocycles. The third-order valence-electron chi connectivity index (χ3n) is 3.64. The van der Waals surface area contributed by atoms with Crippen molar-refractivity contribution in [2.45, 2.75) is 32.5 Å². The first-order valence-electron chi connectivity index (χ1n) is 8.05. The zero-order chi connectivity index (χ0) is 17.3. The van der Waals surface area contributed by atoms with Gasteiger partial charge in [-0.2, -0.15) is 0 Å². The van der Waals surface area contributed by atoms with E-state index in [0.29, 0.717) is 17.2 Å². The van der Waals surface area contributed by atoms with Crippen LogP contribution in [0, 0.1) is 17.4 Å². The Kier molecular flexibility index (Phi) is 4.24. The number of anilines is 2. The molecule has 0 saturated heterocycles. The highest BCUT2D eigenvalue weighted by Crippen LogP contribution is 2.30. The van der Waals surface area contributed by atoms with Crippen molar-refractivity contribution in [1.82, 2.24) is 15.2 Å². The van der Waals surface area contributed by atoms with Gasteiger partial charge >= 0.3 is 0 Å². The van der Waals surface area contributed by atoms with Crippen molar-refractivity contribution in [3.8, 4) is 11.5 Å². The number of rotatable bonds is 3. The Morgan fingerprint density at radius 2 is 2.04 bits per heavy atom. The molecule has 2 N–H and O–H groups in total. The summed E-state index contributed by atoms with van der Waals surface area (Å²) < 4.78 is 0. The van der Waals surface area contributed by atoms with Crippen molar-refractivity contribution >= 4 is 36.5 Å². The second-order valence-electron chi connectivity index (χ2n) is 7.03. The lowest BCUT2D eigenvalue weighted by atomic mass is 10.1. The summed E-state index contributed by atoms with van der Waals surface area (Å²) >= 11 is 0. The monoisotopic (exact) mass is 339 g/mol. The van der Waals surface area contributed by atoms with Gasteiger partial charge in [0.25, 0.3) is 0 Å². The van der Waals surface area contributed by atoms with Crippen molar-refractivity contribution in [1.29, 1.82) is 0 Å². The Bertz CT molecular complexity index is 859. The minimum Gasteiger partial charge on any atom is -0.371 e. The van der Waals surface area contributed by atoms with Crippen LogP contribution in [0.3, 0.4) is 0 Å². The summed E-state index contributed by atoms with van der Waals surface area (Å²) in [7, 11) is 0.285. The van der Waals surface area contributed by atoms with E-state index in [-0.39, 0.29) is 11.8 Å². The first kappa shape index (κ1) is 16.4. The number of fused-ring (bicyclic) bond motifs is 1. The summed E-state index contributed by atoms with van der Waals surface area (Å²) in [5.74, 6) is 4.49. The van der Waals surface area contributed by atoms with Crippen LogP contribution in [0.5, 0.6) is 0 Å². The molecule has 2 aromatic rings. The molecule has 3 rings (SSSR count). The van der Waals surface area contributed by atoms with Crippen LogP contribution in [0.25, 0.3) is 10.9 Å². The van der Waals surface area contributed by atoms with E-state index < -0.39 is 8.07 Å². The van der Waals surface area contributed by atoms with E-state index in [9.17, 15) is 4.79 Å². The summed E-state index contributed by atoms with van der Waals surface area (Å²) in [5, 5.41) is 15.1. The molecule has 7 heteroatoms. The van der Waals surface area contributed by atoms with Crippen LogP contribution in [0.4, 0.5) is 11.6 Å². The van der Waals surface area contributed by atoms with Crippen LogP contribution in [0.15, 0.2) is 12.3 Å². The predicted molar refractivity (Wildman–Crippen MR) is 98.5 cm³/mol. The minimum absolute atomic E-state index is 0.0151. The number of amides is 1. The first-order valence-corrected chi connectivity index (χ1v) is 11.6. The number of carbonyl (C=O) groups excluding carboxylic acids is 1. The van der Waals surface area contributed by atoms with Gasteiger partial charge in [-0.05, 0) is 18.9 Å². The molecule has 2 heterocycles. The van der Waals surface area contributed by atoms with Gasteiger partial charge in [-0.15, -0.1) is 15.7 Å². The molecule has 2 aromatic heterocycles. The van der Waals surface area contributed by atoms with Gasteiger partial charge in [0.1, 0.15) is 13.6 Å². The Labute approximate surface area is 142 Å². The number of hydrogen-bond acceptors (Lipinski definition) is 5. The smallest absolute Gasteiger partial charge is 0.228 e. The van der Waals surface area contributed by atoms with Crippen molar-refractivity contribution in [2.24, 2.45) is 5.92 Å². The lowest BCUT2D eigenvalue weighted by molar-refractivity contribution is -0.117. The summed E-state index contributed by atoms with van der Waals surface area (Å²) in [4.78, 5) is 16.3. The highest BCUT2D eigenvalue weighted by molar-refractivity contribution is 6.83. The van der Waals surface area contributed by atoms with E-state index in [1.807, 2.05) is 6.07 Å². The fraction of sp³-hybridized carbons (Fsp3) is 0.412. The number of nitrogens with zero attached hydrogens (tertiary/aromatic N) is 3. The lowest BCUT2D eigenvalue weighted by Gasteiger charge is -2.09. The topological polar surface area (TPSA) is 79.8 Å². The average Bonchev–Trinajstić information content (AvgIpc) is 3.36. The molecule has 0 spiro atoms. The molecule has 0 unspecified atom stereocenters. The quantitative estimate of drug-likeness (QED) is 0.664. The van der Waals surface area contributed by atoms with Crippen LogP contribution >= 0.6 is 0 Å². The maximum Gasteiger partial charge on any atom is 0.228 e. The largest absolute Gasteiger partial charge is 0.371 e. The second-order valence-corrected chi connectivity index (χ2v) is 11.8. The molecule has 1 aliphatic carbocycles. The molecule has 124 valence electrons. The molecule has 0 bridgehead atoms. The maximum absolute atomic E-state index is 12.0. The highest BCUT2D eigenvalue weighted by Gasteiger charge is 2.30. The molecule has 1 fully saturated rings. The number of nitrogens with one attached hydrogen (secondary N) is 2. The van der Waals surface area contributed by atoms with Crippen LogP contribution in [0.2, 0.25) is 19.6 Å². The van der Waals surface area contributed by atoms with Gasteiger partial charge < -0.3 is 10.6 Å². The van der Waals surface area contributed by atoms with Crippen molar-refractivity contribution in [2.75, 3.05) is 17.7 Å². The van der Waals surface area contributed by atoms with Crippen molar-refractivity contribution < 1.29 is 4.79 Å². The van der Waals surface area contributed by atoms with Gasteiger partial charge in [0, 0.05) is 24.5 Å². The van der Waals surface area contributed by atoms with Crippen LogP contribution in [-0.2, 0) is 4.79 Å². The number of hydrogen-bond donors (Lipinski definition) is 2. The molecule has 24 heavy (non-hydrogen) atoms. The Morgan fingerprint density at radius 3 is 2.67 bits per heavy atom. The van der Waals surface area contributed by atoms with Gasteiger partial charge in [-0.3, -0.25) is 4.79 Å². The molecule has 1 amide bonds. The predicted octanol–water partition coefficient (Wildman–Crippen LogP) is 2.64. The average molecular weight is 339 g/mol. The van der Waals surface area contributed by atoms with Gasteiger partial charge in [0.05, 0.1) is 5.56 Å². The fourth-order valence-electron chi connectivity index (χ4n) is 2.20. The van der Waals surface area contributed by atoms with E-state index in [2.05, 4.69) is 56.9 Å². The lowest BCUT2D eigenvalue weighted by Crippen LogP contribution is -2.16. The summed E-state index contributed by atoms with van der Waals surface area (Å²) in [6.07, 6.45) is 3.65. The minimum atomic E-state index is -1.51. The van der Waals surface area contributed by atoms with Crippen LogP contribution < -0.4 is 10.6 Å². The second kappa shape index (κ2) is 6.21. The molecule has 0 aliphatic heterocycles. The SMILES string of the molecule is CNc1ncc(C#C[Si](C)(C)C)c2cc(NC(=O)C3CC3)nnc12. The Balaban J connectivity index is 2.05. The normalized spacial score (nSPS) is 14.0. The number of aromatic nitrogens is 3. The van der Waals surface area contributed by atoms with Gasteiger partial charge in [-0.25, -0.2) is 4.98 Å². The summed E-state index contributed by atoms with van der Waals surface area (Å²) in [5.41, 5.74) is 4.81. The zero-order valence-electron chi connectivity index (χ0n) is 14.4. The Morgan fingerprint density at radius 1 is 1.29 bits per heavy atom. The third kappa shape index (κ3) is 3.71. The van der Waals surface area contributed by atoms with E-state index in [1.54, 1.807) is 13.2 Å². The molecular formula is C17H21N5OSi. The third-order valence-corrected chi connectivity index (χ3v) is 4.51. The summed E-state index contributed by atoms with van der Waals surface area (Å²) in [6.45, 7) is 6.58. The standard InChI is InChI=1S/C17H21N5OSi/c1-18-16-15-13(12(10-19-16)7-8-24(2,3)4)9-14(21-22-15)20-17(23)11-5-6-11/h9-11H,5-6H2,1-4H3,(H,18,19)(H,20,21,23). The number of carbonyl (C=O) groups is 1. The van der Waals surface area contributed by atoms with Crippen LogP contribution in [0.1, 0.15) is 18.4 Å². The van der Waals surface area contributed by atoms with Gasteiger partial charge in [0.15, 0.2) is 11.6 Å². The molecular weight excluding hydrogens is 318 g/mol. The maximum atomic E-state index is 12.0. The molecule has 6 nitrogen and oxygen atoms in total. The van der Waals surface area contributed by atoms with E-state index in [0.717, 1.165) is 23.8 Å². The van der Waals surface area contributed by atoms with Crippen molar-refractivity contribution in [3.63, 3.8) is 0 Å². The van der Waals surface area contributed by atoms with E-state index >= 15 is 0 Å². The van der Waals surface area contributed by atoms with E-state index in [4.69, 9.17) is 0 Å². The zero-order valence-corrected chi connectivity index (χ0v) is 15.4. The van der Waals surface area contributed by atoms with Gasteiger partial charge in [-0.1, -0.05) is 25.6 Å². The molecule has 0 atom stereocenters. The Hall–Kier alpha value is -2.46. The fourth-order valence-corrected chi connectivity index (χ4v) is 2.71. The first-order chi connectivity index (χ1) is 11.4. The molecule has 1 aliphatic rings. The molecule has 0 aromatic carbocycles. The summed E-state index contributed by atoms with van der Waals surface area (Å²) in [6, 6.07) is 1.83. The van der Waals surface area contributed by atoms with Crippen LogP contribution in [-0.4, -0.2) is 36.2 Å². The number of pyridine rings is 1. The van der Waals surface area contributed by atoms with E-state index in [1.165, 1.54) is 0 Å². The molecule has 0 radical (unpaired) electrons.